The third-order valence-electron chi connectivity index (χ3n) is 3.70. The number of hydrogen-bond acceptors (Lipinski definition) is 4. The molecule has 0 saturated carbocycles. The average molecular weight is 380 g/mol. The van der Waals surface area contributed by atoms with Crippen molar-refractivity contribution in [1.29, 1.82) is 0 Å². The molecule has 0 aliphatic carbocycles. The van der Waals surface area contributed by atoms with Crippen LogP contribution in [0.3, 0.4) is 0 Å². The molecule has 0 saturated heterocycles. The van der Waals surface area contributed by atoms with Crippen molar-refractivity contribution in [1.82, 2.24) is 0 Å². The van der Waals surface area contributed by atoms with E-state index in [0.717, 1.165) is 12.1 Å². The summed E-state index contributed by atoms with van der Waals surface area (Å²) >= 11 is 0. The molecule has 0 fully saturated rings. The molecular formula is C18H15F3N2O4. The highest BCUT2D eigenvalue weighted by atomic mass is 19.4. The standard InChI is InChI=1S/C18H15F3N2O4/c1-10(24)22-11-6-7-13(12(8-11)18(19,20)21)23-17(25)16-9-26-14-4-2-3-5-15(14)27-16/h2-8,16H,9H2,1H3,(H,22,24)(H,23,25)/t16-/m1/s1. The maximum Gasteiger partial charge on any atom is 0.418 e. The number of fused-ring (bicyclic) bond motifs is 1. The van der Waals surface area contributed by atoms with Gasteiger partial charge in [-0.25, -0.2) is 0 Å². The molecule has 1 aliphatic rings. The predicted molar refractivity (Wildman–Crippen MR) is 90.7 cm³/mol. The smallest absolute Gasteiger partial charge is 0.418 e. The summed E-state index contributed by atoms with van der Waals surface area (Å²) in [4.78, 5) is 23.4. The van der Waals surface area contributed by atoms with Gasteiger partial charge in [-0.2, -0.15) is 13.2 Å². The second-order valence-corrected chi connectivity index (χ2v) is 5.79. The largest absolute Gasteiger partial charge is 0.485 e. The monoisotopic (exact) mass is 380 g/mol. The van der Waals surface area contributed by atoms with Crippen LogP contribution in [0.25, 0.3) is 0 Å². The zero-order valence-electron chi connectivity index (χ0n) is 14.1. The minimum Gasteiger partial charge on any atom is -0.485 e. The van der Waals surface area contributed by atoms with Gasteiger partial charge in [-0.15, -0.1) is 0 Å². The molecule has 1 atom stereocenters. The molecule has 9 heteroatoms. The fourth-order valence-corrected chi connectivity index (χ4v) is 2.53. The molecule has 0 bridgehead atoms. The number of hydrogen-bond donors (Lipinski definition) is 2. The number of amides is 2. The lowest BCUT2D eigenvalue weighted by Gasteiger charge is -2.26. The number of alkyl halides is 3. The number of anilines is 2. The van der Waals surface area contributed by atoms with Crippen molar-refractivity contribution >= 4 is 23.2 Å². The van der Waals surface area contributed by atoms with Crippen molar-refractivity contribution in [2.24, 2.45) is 0 Å². The van der Waals surface area contributed by atoms with Gasteiger partial charge < -0.3 is 20.1 Å². The van der Waals surface area contributed by atoms with Crippen LogP contribution >= 0.6 is 0 Å². The van der Waals surface area contributed by atoms with Crippen LogP contribution in [-0.4, -0.2) is 24.5 Å². The van der Waals surface area contributed by atoms with E-state index in [0.29, 0.717) is 11.5 Å². The molecule has 2 aromatic carbocycles. The lowest BCUT2D eigenvalue weighted by Crippen LogP contribution is -2.40. The molecule has 3 rings (SSSR count). The van der Waals surface area contributed by atoms with Gasteiger partial charge in [0.05, 0.1) is 11.3 Å². The van der Waals surface area contributed by atoms with E-state index in [2.05, 4.69) is 10.6 Å². The van der Waals surface area contributed by atoms with Crippen molar-refractivity contribution in [3.8, 4) is 11.5 Å². The molecule has 0 aromatic heterocycles. The van der Waals surface area contributed by atoms with Gasteiger partial charge >= 0.3 is 6.18 Å². The van der Waals surface area contributed by atoms with E-state index in [-0.39, 0.29) is 12.3 Å². The lowest BCUT2D eigenvalue weighted by atomic mass is 10.1. The normalized spacial score (nSPS) is 15.8. The number of halogens is 3. The van der Waals surface area contributed by atoms with Gasteiger partial charge in [0.15, 0.2) is 11.5 Å². The number of benzene rings is 2. The Labute approximate surface area is 152 Å². The third-order valence-corrected chi connectivity index (χ3v) is 3.70. The third kappa shape index (κ3) is 4.30. The van der Waals surface area contributed by atoms with Crippen molar-refractivity contribution in [3.05, 3.63) is 48.0 Å². The lowest BCUT2D eigenvalue weighted by molar-refractivity contribution is -0.137. The SMILES string of the molecule is CC(=O)Nc1ccc(NC(=O)[C@H]2COc3ccccc3O2)c(C(F)(F)F)c1. The van der Waals surface area contributed by atoms with E-state index < -0.39 is 35.3 Å². The Balaban J connectivity index is 1.80. The highest BCUT2D eigenvalue weighted by Crippen LogP contribution is 2.37. The van der Waals surface area contributed by atoms with Crippen LogP contribution in [0.4, 0.5) is 24.5 Å². The molecule has 0 unspecified atom stereocenters. The first kappa shape index (κ1) is 18.6. The van der Waals surface area contributed by atoms with Gasteiger partial charge in [0.2, 0.25) is 12.0 Å². The summed E-state index contributed by atoms with van der Waals surface area (Å²) < 4.78 is 50.9. The van der Waals surface area contributed by atoms with Crippen LogP contribution in [0.15, 0.2) is 42.5 Å². The maximum atomic E-state index is 13.3. The number of carbonyl (C=O) groups excluding carboxylic acids is 2. The molecule has 142 valence electrons. The highest BCUT2D eigenvalue weighted by molar-refractivity contribution is 5.96. The molecule has 0 radical (unpaired) electrons. The summed E-state index contributed by atoms with van der Waals surface area (Å²) in [6, 6.07) is 9.76. The first-order chi connectivity index (χ1) is 12.7. The van der Waals surface area contributed by atoms with E-state index >= 15 is 0 Å². The Morgan fingerprint density at radius 2 is 1.78 bits per heavy atom. The Kier molecular flexibility index (Phi) is 4.93. The molecule has 2 N–H and O–H groups in total. The summed E-state index contributed by atoms with van der Waals surface area (Å²) in [5.74, 6) is -0.494. The zero-order valence-corrected chi connectivity index (χ0v) is 14.1. The van der Waals surface area contributed by atoms with E-state index in [9.17, 15) is 22.8 Å². The first-order valence-electron chi connectivity index (χ1n) is 7.92. The van der Waals surface area contributed by atoms with Crippen LogP contribution in [-0.2, 0) is 15.8 Å². The van der Waals surface area contributed by atoms with Crippen molar-refractivity contribution < 1.29 is 32.2 Å². The van der Waals surface area contributed by atoms with Crippen LogP contribution in [0.5, 0.6) is 11.5 Å². The topological polar surface area (TPSA) is 76.7 Å². The Morgan fingerprint density at radius 1 is 1.07 bits per heavy atom. The predicted octanol–water partition coefficient (Wildman–Crippen LogP) is 3.44. The maximum absolute atomic E-state index is 13.3. The average Bonchev–Trinajstić information content (AvgIpc) is 2.61. The molecule has 1 aliphatic heterocycles. The minimum absolute atomic E-state index is 0.0287. The van der Waals surface area contributed by atoms with Crippen LogP contribution in [0, 0.1) is 0 Å². The van der Waals surface area contributed by atoms with Gasteiger partial charge in [-0.1, -0.05) is 12.1 Å². The van der Waals surface area contributed by atoms with E-state index in [1.54, 1.807) is 24.3 Å². The van der Waals surface area contributed by atoms with E-state index in [1.807, 2.05) is 0 Å². The van der Waals surface area contributed by atoms with Crippen molar-refractivity contribution in [2.45, 2.75) is 19.2 Å². The van der Waals surface area contributed by atoms with E-state index in [4.69, 9.17) is 9.47 Å². The second kappa shape index (κ2) is 7.18. The number of ether oxygens (including phenoxy) is 2. The van der Waals surface area contributed by atoms with Gasteiger partial charge in [-0.3, -0.25) is 9.59 Å². The van der Waals surface area contributed by atoms with Crippen molar-refractivity contribution in [2.75, 3.05) is 17.2 Å². The van der Waals surface area contributed by atoms with Gasteiger partial charge in [-0.05, 0) is 30.3 Å². The molecular weight excluding hydrogens is 365 g/mol. The molecule has 0 spiro atoms. The van der Waals surface area contributed by atoms with Crippen LogP contribution in [0.1, 0.15) is 12.5 Å². The summed E-state index contributed by atoms with van der Waals surface area (Å²) in [6.45, 7) is 1.05. The van der Waals surface area contributed by atoms with E-state index in [1.165, 1.54) is 13.0 Å². The molecule has 27 heavy (non-hydrogen) atoms. The van der Waals surface area contributed by atoms with Crippen LogP contribution in [0.2, 0.25) is 0 Å². The number of nitrogens with one attached hydrogen (secondary N) is 2. The zero-order chi connectivity index (χ0) is 19.6. The summed E-state index contributed by atoms with van der Waals surface area (Å²) in [5.41, 5.74) is -1.55. The molecule has 1 heterocycles. The van der Waals surface area contributed by atoms with Crippen molar-refractivity contribution in [3.63, 3.8) is 0 Å². The number of carbonyl (C=O) groups is 2. The fourth-order valence-electron chi connectivity index (χ4n) is 2.53. The van der Waals surface area contributed by atoms with Crippen LogP contribution < -0.4 is 20.1 Å². The Morgan fingerprint density at radius 3 is 2.44 bits per heavy atom. The fraction of sp³-hybridized carbons (Fsp3) is 0.222. The molecule has 6 nitrogen and oxygen atoms in total. The van der Waals surface area contributed by atoms with Gasteiger partial charge in [0.1, 0.15) is 6.61 Å². The quantitative estimate of drug-likeness (QED) is 0.855. The second-order valence-electron chi connectivity index (χ2n) is 5.79. The first-order valence-corrected chi connectivity index (χ1v) is 7.92. The summed E-state index contributed by atoms with van der Waals surface area (Å²) in [5, 5.41) is 4.50. The molecule has 2 amide bonds. The minimum atomic E-state index is -4.73. The Bertz CT molecular complexity index is 883. The van der Waals surface area contributed by atoms with Gasteiger partial charge in [0, 0.05) is 12.6 Å². The Hall–Kier alpha value is -3.23. The van der Waals surface area contributed by atoms with Gasteiger partial charge in [0.25, 0.3) is 5.91 Å². The highest BCUT2D eigenvalue weighted by Gasteiger charge is 2.35. The molecule has 2 aromatic rings. The number of para-hydroxylation sites is 2. The summed E-state index contributed by atoms with van der Waals surface area (Å²) in [7, 11) is 0. The number of rotatable bonds is 3. The summed E-state index contributed by atoms with van der Waals surface area (Å²) in [6.07, 6.45) is -5.83.